The van der Waals surface area contributed by atoms with Crippen LogP contribution in [0.1, 0.15) is 19.4 Å². The van der Waals surface area contributed by atoms with E-state index < -0.39 is 0 Å². The molecule has 144 valence electrons. The fraction of sp³-hybridized carbons (Fsp3) is 0.250. The smallest absolute Gasteiger partial charge is 0.156 e. The van der Waals surface area contributed by atoms with E-state index in [4.69, 9.17) is 5.41 Å². The monoisotopic (exact) mass is 376 g/mol. The molecule has 3 rings (SSSR count). The summed E-state index contributed by atoms with van der Waals surface area (Å²) in [7, 11) is 1.80. The van der Waals surface area contributed by atoms with Crippen LogP contribution in [0.4, 0.5) is 17.3 Å². The van der Waals surface area contributed by atoms with E-state index in [9.17, 15) is 0 Å². The van der Waals surface area contributed by atoms with Crippen molar-refractivity contribution in [3.05, 3.63) is 48.4 Å². The topological polar surface area (TPSA) is 103 Å². The minimum absolute atomic E-state index is 0.635. The molecule has 0 saturated heterocycles. The van der Waals surface area contributed by atoms with E-state index in [1.54, 1.807) is 25.6 Å². The first-order valence-electron chi connectivity index (χ1n) is 9.18. The van der Waals surface area contributed by atoms with Crippen LogP contribution >= 0.6 is 0 Å². The quantitative estimate of drug-likeness (QED) is 0.519. The van der Waals surface area contributed by atoms with Crippen molar-refractivity contribution < 1.29 is 0 Å². The predicted molar refractivity (Wildman–Crippen MR) is 114 cm³/mol. The van der Waals surface area contributed by atoms with Gasteiger partial charge in [0.2, 0.25) is 0 Å². The fourth-order valence-corrected chi connectivity index (χ4v) is 2.91. The zero-order valence-corrected chi connectivity index (χ0v) is 16.3. The second kappa shape index (κ2) is 8.90. The summed E-state index contributed by atoms with van der Waals surface area (Å²) in [6.07, 6.45) is 6.54. The molecule has 3 aromatic rings. The Morgan fingerprint density at radius 1 is 1.11 bits per heavy atom. The molecular weight excluding hydrogens is 352 g/mol. The van der Waals surface area contributed by atoms with Crippen LogP contribution in [0.15, 0.2) is 42.9 Å². The molecule has 0 fully saturated rings. The van der Waals surface area contributed by atoms with Crippen LogP contribution in [-0.2, 0) is 0 Å². The number of hydrogen-bond acceptors (Lipinski definition) is 8. The van der Waals surface area contributed by atoms with E-state index in [0.29, 0.717) is 11.6 Å². The Balaban J connectivity index is 1.91. The number of nitrogens with zero attached hydrogens (tertiary/aromatic N) is 5. The summed E-state index contributed by atoms with van der Waals surface area (Å²) in [5.74, 6) is 1.29. The molecule has 8 nitrogen and oxygen atoms in total. The Bertz CT molecular complexity index is 994. The molecule has 0 spiro atoms. The summed E-state index contributed by atoms with van der Waals surface area (Å²) in [5.41, 5.74) is 4.09. The van der Waals surface area contributed by atoms with E-state index in [1.807, 2.05) is 24.3 Å². The Kier molecular flexibility index (Phi) is 6.11. The number of hydrogen-bond donors (Lipinski definition) is 3. The van der Waals surface area contributed by atoms with Crippen LogP contribution in [0.2, 0.25) is 0 Å². The molecular formula is C20H24N8. The highest BCUT2D eigenvalue weighted by molar-refractivity contribution is 6.08. The molecule has 0 saturated carbocycles. The minimum atomic E-state index is 0.635. The Labute approximate surface area is 164 Å². The molecule has 8 heteroatoms. The van der Waals surface area contributed by atoms with Gasteiger partial charge >= 0.3 is 0 Å². The van der Waals surface area contributed by atoms with Crippen molar-refractivity contribution in [3.63, 3.8) is 0 Å². The van der Waals surface area contributed by atoms with Gasteiger partial charge in [-0.3, -0.25) is 4.98 Å². The van der Waals surface area contributed by atoms with Crippen molar-refractivity contribution in [2.24, 2.45) is 0 Å². The second-order valence-electron chi connectivity index (χ2n) is 6.09. The molecule has 0 amide bonds. The number of nitrogens with one attached hydrogen (secondary N) is 3. The molecule has 0 radical (unpaired) electrons. The number of anilines is 3. The zero-order chi connectivity index (χ0) is 19.9. The molecule has 0 atom stereocenters. The molecule has 0 bridgehead atoms. The molecule has 3 N–H and O–H groups in total. The molecule has 0 aliphatic rings. The van der Waals surface area contributed by atoms with E-state index in [2.05, 4.69) is 49.5 Å². The first-order chi connectivity index (χ1) is 13.7. The van der Waals surface area contributed by atoms with Gasteiger partial charge in [-0.05, 0) is 32.0 Å². The Morgan fingerprint density at radius 3 is 2.64 bits per heavy atom. The molecule has 3 aromatic heterocycles. The van der Waals surface area contributed by atoms with Crippen molar-refractivity contribution in [2.75, 3.05) is 30.4 Å². The lowest BCUT2D eigenvalue weighted by molar-refractivity contribution is 0.855. The average Bonchev–Trinajstić information content (AvgIpc) is 2.73. The lowest BCUT2D eigenvalue weighted by Crippen LogP contribution is -2.22. The van der Waals surface area contributed by atoms with E-state index in [-0.39, 0.29) is 0 Å². The highest BCUT2D eigenvalue weighted by Gasteiger charge is 2.07. The maximum absolute atomic E-state index is 7.57. The largest absolute Gasteiger partial charge is 0.393 e. The van der Waals surface area contributed by atoms with Crippen LogP contribution in [0.3, 0.4) is 0 Å². The Morgan fingerprint density at radius 2 is 1.93 bits per heavy atom. The van der Waals surface area contributed by atoms with Crippen LogP contribution in [-0.4, -0.2) is 46.5 Å². The van der Waals surface area contributed by atoms with E-state index >= 15 is 0 Å². The van der Waals surface area contributed by atoms with E-state index in [1.165, 1.54) is 6.21 Å². The van der Waals surface area contributed by atoms with Gasteiger partial charge in [0.05, 0.1) is 22.9 Å². The number of aromatic nitrogens is 4. The lowest BCUT2D eigenvalue weighted by atomic mass is 10.1. The SMILES string of the molecule is CCN(CC)c1cnnc(Nc2ccc3ncc(/C(C=N)=C/NC)cc3n2)c1. The van der Waals surface area contributed by atoms with Crippen LogP contribution in [0, 0.1) is 5.41 Å². The van der Waals surface area contributed by atoms with Crippen LogP contribution < -0.4 is 15.5 Å². The third-order valence-electron chi connectivity index (χ3n) is 4.35. The Hall–Kier alpha value is -3.55. The second-order valence-corrected chi connectivity index (χ2v) is 6.09. The summed E-state index contributed by atoms with van der Waals surface area (Å²) >= 11 is 0. The van der Waals surface area contributed by atoms with Crippen molar-refractivity contribution in [1.29, 1.82) is 5.41 Å². The van der Waals surface area contributed by atoms with Crippen LogP contribution in [0.25, 0.3) is 16.6 Å². The maximum atomic E-state index is 7.57. The van der Waals surface area contributed by atoms with Crippen LogP contribution in [0.5, 0.6) is 0 Å². The zero-order valence-electron chi connectivity index (χ0n) is 16.3. The van der Waals surface area contributed by atoms with Gasteiger partial charge in [-0.15, -0.1) is 5.10 Å². The molecule has 0 unspecified atom stereocenters. The highest BCUT2D eigenvalue weighted by Crippen LogP contribution is 2.22. The van der Waals surface area contributed by atoms with Gasteiger partial charge in [-0.2, -0.15) is 5.10 Å². The van der Waals surface area contributed by atoms with Gasteiger partial charge in [-0.1, -0.05) is 0 Å². The molecule has 28 heavy (non-hydrogen) atoms. The number of fused-ring (bicyclic) bond motifs is 1. The van der Waals surface area contributed by atoms with Gasteiger partial charge in [0.25, 0.3) is 0 Å². The van der Waals surface area contributed by atoms with E-state index in [0.717, 1.165) is 40.9 Å². The number of rotatable bonds is 8. The third kappa shape index (κ3) is 4.22. The highest BCUT2D eigenvalue weighted by atomic mass is 15.2. The van der Waals surface area contributed by atoms with Crippen molar-refractivity contribution in [2.45, 2.75) is 13.8 Å². The van der Waals surface area contributed by atoms with Gasteiger partial charge < -0.3 is 20.9 Å². The third-order valence-corrected chi connectivity index (χ3v) is 4.35. The van der Waals surface area contributed by atoms with Crippen molar-refractivity contribution in [3.8, 4) is 0 Å². The summed E-state index contributed by atoms with van der Waals surface area (Å²) in [6, 6.07) is 7.65. The number of allylic oxidation sites excluding steroid dienone is 1. The van der Waals surface area contributed by atoms with Gasteiger partial charge in [-0.25, -0.2) is 4.98 Å². The van der Waals surface area contributed by atoms with Gasteiger partial charge in [0.15, 0.2) is 5.82 Å². The van der Waals surface area contributed by atoms with Gasteiger partial charge in [0.1, 0.15) is 5.82 Å². The standard InChI is InChI=1S/C20H24N8/c1-4-28(5-2)16-9-20(27-24-13-16)26-19-7-6-17-18(25-19)8-14(12-23-17)15(10-21)11-22-3/h6-13,21-22H,4-5H2,1-3H3,(H,25,26,27)/b15-11+,21-10?. The minimum Gasteiger partial charge on any atom is -0.393 e. The summed E-state index contributed by atoms with van der Waals surface area (Å²) in [6.45, 7) is 6.02. The molecule has 0 aromatic carbocycles. The van der Waals surface area contributed by atoms with Crippen molar-refractivity contribution >= 4 is 40.1 Å². The first-order valence-corrected chi connectivity index (χ1v) is 9.18. The summed E-state index contributed by atoms with van der Waals surface area (Å²) in [4.78, 5) is 11.3. The first kappa shape index (κ1) is 19.2. The number of pyridine rings is 2. The maximum Gasteiger partial charge on any atom is 0.156 e. The summed E-state index contributed by atoms with van der Waals surface area (Å²) < 4.78 is 0. The fourth-order valence-electron chi connectivity index (χ4n) is 2.91. The normalized spacial score (nSPS) is 11.3. The molecule has 3 heterocycles. The average molecular weight is 376 g/mol. The lowest BCUT2D eigenvalue weighted by Gasteiger charge is -2.20. The van der Waals surface area contributed by atoms with Crippen molar-refractivity contribution in [1.82, 2.24) is 25.5 Å². The molecule has 0 aliphatic carbocycles. The predicted octanol–water partition coefficient (Wildman–Crippen LogP) is 3.22. The van der Waals surface area contributed by atoms with Gasteiger partial charge in [0, 0.05) is 56.0 Å². The molecule has 0 aliphatic heterocycles. The summed E-state index contributed by atoms with van der Waals surface area (Å²) in [5, 5.41) is 22.0.